The summed E-state index contributed by atoms with van der Waals surface area (Å²) in [5.74, 6) is -0.617. The zero-order valence-electron chi connectivity index (χ0n) is 10.9. The maximum Gasteiger partial charge on any atom is 0.254 e. The van der Waals surface area contributed by atoms with E-state index in [0.717, 1.165) is 4.88 Å². The van der Waals surface area contributed by atoms with Crippen LogP contribution in [-0.2, 0) is 0 Å². The maximum absolute atomic E-state index is 13.6. The Morgan fingerprint density at radius 1 is 1.21 bits per heavy atom. The molecule has 0 saturated heterocycles. The Balaban J connectivity index is 2.19. The zero-order valence-corrected chi connectivity index (χ0v) is 11.7. The number of thiophene rings is 1. The van der Waals surface area contributed by atoms with Crippen molar-refractivity contribution in [2.24, 2.45) is 5.92 Å². The summed E-state index contributed by atoms with van der Waals surface area (Å²) in [6, 6.07) is 9.87. The molecular weight excluding hydrogens is 261 g/mol. The fraction of sp³-hybridized carbons (Fsp3) is 0.267. The van der Waals surface area contributed by atoms with Gasteiger partial charge in [0.05, 0.1) is 11.6 Å². The van der Waals surface area contributed by atoms with Crippen molar-refractivity contribution in [1.82, 2.24) is 5.32 Å². The number of amides is 1. The molecule has 1 amide bonds. The van der Waals surface area contributed by atoms with Crippen molar-refractivity contribution in [3.05, 3.63) is 58.0 Å². The van der Waals surface area contributed by atoms with Crippen molar-refractivity contribution in [2.45, 2.75) is 19.9 Å². The molecule has 1 aromatic heterocycles. The second-order valence-electron chi connectivity index (χ2n) is 4.69. The summed E-state index contributed by atoms with van der Waals surface area (Å²) < 4.78 is 13.6. The van der Waals surface area contributed by atoms with Crippen LogP contribution in [0, 0.1) is 11.7 Å². The first-order valence-corrected chi connectivity index (χ1v) is 7.06. The molecule has 2 rings (SSSR count). The van der Waals surface area contributed by atoms with Gasteiger partial charge in [-0.25, -0.2) is 4.39 Å². The molecule has 0 fully saturated rings. The minimum absolute atomic E-state index is 0.0877. The van der Waals surface area contributed by atoms with Gasteiger partial charge in [-0.15, -0.1) is 11.3 Å². The number of rotatable bonds is 4. The highest BCUT2D eigenvalue weighted by molar-refractivity contribution is 7.10. The number of benzene rings is 1. The van der Waals surface area contributed by atoms with Crippen molar-refractivity contribution in [1.29, 1.82) is 0 Å². The Bertz CT molecular complexity index is 551. The molecule has 1 aromatic carbocycles. The third kappa shape index (κ3) is 3.20. The first-order valence-electron chi connectivity index (χ1n) is 6.18. The molecule has 1 heterocycles. The molecule has 0 bridgehead atoms. The molecule has 0 spiro atoms. The normalized spacial score (nSPS) is 12.4. The van der Waals surface area contributed by atoms with E-state index < -0.39 is 5.82 Å². The fourth-order valence-electron chi connectivity index (χ4n) is 1.90. The highest BCUT2D eigenvalue weighted by Crippen LogP contribution is 2.26. The van der Waals surface area contributed by atoms with Gasteiger partial charge in [0.15, 0.2) is 0 Å². The third-order valence-electron chi connectivity index (χ3n) is 2.92. The number of carbonyl (C=O) groups is 1. The van der Waals surface area contributed by atoms with Crippen LogP contribution in [0.2, 0.25) is 0 Å². The second-order valence-corrected chi connectivity index (χ2v) is 5.67. The number of hydrogen-bond acceptors (Lipinski definition) is 2. The molecule has 1 atom stereocenters. The summed E-state index contributed by atoms with van der Waals surface area (Å²) in [5, 5.41) is 4.88. The fourth-order valence-corrected chi connectivity index (χ4v) is 2.85. The van der Waals surface area contributed by atoms with Gasteiger partial charge in [-0.1, -0.05) is 32.0 Å². The minimum Gasteiger partial charge on any atom is -0.344 e. The van der Waals surface area contributed by atoms with Crippen LogP contribution >= 0.6 is 11.3 Å². The molecule has 4 heteroatoms. The average Bonchev–Trinajstić information content (AvgIpc) is 2.89. The third-order valence-corrected chi connectivity index (χ3v) is 3.88. The van der Waals surface area contributed by atoms with Gasteiger partial charge in [0, 0.05) is 4.88 Å². The second kappa shape index (κ2) is 5.97. The topological polar surface area (TPSA) is 29.1 Å². The lowest BCUT2D eigenvalue weighted by atomic mass is 10.0. The van der Waals surface area contributed by atoms with Crippen LogP contribution in [0.15, 0.2) is 41.8 Å². The van der Waals surface area contributed by atoms with Gasteiger partial charge in [-0.3, -0.25) is 4.79 Å². The zero-order chi connectivity index (χ0) is 13.8. The van der Waals surface area contributed by atoms with E-state index in [2.05, 4.69) is 5.32 Å². The maximum atomic E-state index is 13.6. The Labute approximate surface area is 116 Å². The Morgan fingerprint density at radius 3 is 2.53 bits per heavy atom. The molecule has 1 N–H and O–H groups in total. The van der Waals surface area contributed by atoms with Gasteiger partial charge in [0.1, 0.15) is 5.82 Å². The molecule has 0 aliphatic rings. The van der Waals surface area contributed by atoms with E-state index >= 15 is 0 Å². The van der Waals surface area contributed by atoms with Gasteiger partial charge >= 0.3 is 0 Å². The first kappa shape index (κ1) is 13.7. The molecule has 100 valence electrons. The van der Waals surface area contributed by atoms with Crippen LogP contribution in [0.1, 0.15) is 35.1 Å². The minimum atomic E-state index is -0.492. The quantitative estimate of drug-likeness (QED) is 0.898. The van der Waals surface area contributed by atoms with Crippen molar-refractivity contribution in [2.75, 3.05) is 0 Å². The van der Waals surface area contributed by atoms with E-state index in [9.17, 15) is 9.18 Å². The van der Waals surface area contributed by atoms with Crippen molar-refractivity contribution >= 4 is 17.2 Å². The summed E-state index contributed by atoms with van der Waals surface area (Å²) in [5.41, 5.74) is 0.0877. The van der Waals surface area contributed by atoms with Gasteiger partial charge in [-0.05, 0) is 29.5 Å². The van der Waals surface area contributed by atoms with Gasteiger partial charge in [-0.2, -0.15) is 0 Å². The van der Waals surface area contributed by atoms with Crippen LogP contribution in [-0.4, -0.2) is 5.91 Å². The average molecular weight is 277 g/mol. The number of carbonyl (C=O) groups excluding carboxylic acids is 1. The molecule has 0 radical (unpaired) electrons. The monoisotopic (exact) mass is 277 g/mol. The Morgan fingerprint density at radius 2 is 1.95 bits per heavy atom. The van der Waals surface area contributed by atoms with Crippen molar-refractivity contribution < 1.29 is 9.18 Å². The molecule has 0 aliphatic carbocycles. The summed E-state index contributed by atoms with van der Waals surface area (Å²) >= 11 is 1.59. The summed E-state index contributed by atoms with van der Waals surface area (Å²) in [6.07, 6.45) is 0. The van der Waals surface area contributed by atoms with Crippen molar-refractivity contribution in [3.63, 3.8) is 0 Å². The number of hydrogen-bond donors (Lipinski definition) is 1. The van der Waals surface area contributed by atoms with E-state index in [4.69, 9.17) is 0 Å². The van der Waals surface area contributed by atoms with E-state index in [-0.39, 0.29) is 23.4 Å². The SMILES string of the molecule is CC(C)[C@H](NC(=O)c1ccccc1F)c1cccs1. The molecule has 0 aliphatic heterocycles. The van der Waals surface area contributed by atoms with E-state index in [1.165, 1.54) is 12.1 Å². The predicted octanol–water partition coefficient (Wildman–Crippen LogP) is 4.01. The summed E-state index contributed by atoms with van der Waals surface area (Å²) in [4.78, 5) is 13.2. The molecule has 2 nitrogen and oxygen atoms in total. The largest absolute Gasteiger partial charge is 0.344 e. The van der Waals surface area contributed by atoms with Crippen LogP contribution in [0.3, 0.4) is 0 Å². The Hall–Kier alpha value is -1.68. The van der Waals surface area contributed by atoms with Gasteiger partial charge in [0.25, 0.3) is 5.91 Å². The van der Waals surface area contributed by atoms with Crippen LogP contribution in [0.25, 0.3) is 0 Å². The highest BCUT2D eigenvalue weighted by Gasteiger charge is 2.21. The van der Waals surface area contributed by atoms with Gasteiger partial charge in [0.2, 0.25) is 0 Å². The number of halogens is 1. The van der Waals surface area contributed by atoms with Crippen LogP contribution < -0.4 is 5.32 Å². The smallest absolute Gasteiger partial charge is 0.254 e. The van der Waals surface area contributed by atoms with Crippen molar-refractivity contribution in [3.8, 4) is 0 Å². The van der Waals surface area contributed by atoms with Gasteiger partial charge < -0.3 is 5.32 Å². The van der Waals surface area contributed by atoms with E-state index in [0.29, 0.717) is 0 Å². The molecule has 2 aromatic rings. The molecular formula is C15H16FNOS. The summed E-state index contributed by atoms with van der Waals surface area (Å²) in [6.45, 7) is 4.07. The lowest BCUT2D eigenvalue weighted by molar-refractivity contribution is 0.0922. The van der Waals surface area contributed by atoms with E-state index in [1.54, 1.807) is 23.5 Å². The van der Waals surface area contributed by atoms with Crippen LogP contribution in [0.5, 0.6) is 0 Å². The van der Waals surface area contributed by atoms with E-state index in [1.807, 2.05) is 31.4 Å². The lowest BCUT2D eigenvalue weighted by Gasteiger charge is -2.21. The standard InChI is InChI=1S/C15H16FNOS/c1-10(2)14(13-8-5-9-19-13)17-15(18)11-6-3-4-7-12(11)16/h3-10,14H,1-2H3,(H,17,18)/t14-/m0/s1. The molecule has 19 heavy (non-hydrogen) atoms. The predicted molar refractivity (Wildman–Crippen MR) is 75.8 cm³/mol. The van der Waals surface area contributed by atoms with Crippen LogP contribution in [0.4, 0.5) is 4.39 Å². The summed E-state index contributed by atoms with van der Waals surface area (Å²) in [7, 11) is 0. The molecule has 0 unspecified atom stereocenters. The number of nitrogens with one attached hydrogen (secondary N) is 1. The molecule has 0 saturated carbocycles. The highest BCUT2D eigenvalue weighted by atomic mass is 32.1. The first-order chi connectivity index (χ1) is 9.09. The lowest BCUT2D eigenvalue weighted by Crippen LogP contribution is -2.31. The Kier molecular flexibility index (Phi) is 4.32.